The van der Waals surface area contributed by atoms with Crippen molar-refractivity contribution in [2.45, 2.75) is 18.7 Å². The zero-order chi connectivity index (χ0) is 15.6. The summed E-state index contributed by atoms with van der Waals surface area (Å²) in [7, 11) is 0. The number of benzene rings is 2. The van der Waals surface area contributed by atoms with Crippen molar-refractivity contribution in [3.8, 4) is 0 Å². The predicted molar refractivity (Wildman–Crippen MR) is 79.3 cm³/mol. The van der Waals surface area contributed by atoms with E-state index in [2.05, 4.69) is 15.9 Å². The third-order valence-corrected chi connectivity index (χ3v) is 3.91. The highest BCUT2D eigenvalue weighted by Gasteiger charge is 2.35. The topological polar surface area (TPSA) is 20.2 Å². The minimum absolute atomic E-state index is 0.0182. The summed E-state index contributed by atoms with van der Waals surface area (Å²) in [5, 5.41) is 10.6. The predicted octanol–water partition coefficient (Wildman–Crippen LogP) is 5.40. The Balaban J connectivity index is 2.36. The molecule has 1 N–H and O–H groups in total. The number of alkyl halides is 3. The Kier molecular flexibility index (Phi) is 4.96. The van der Waals surface area contributed by atoms with E-state index in [1.165, 1.54) is 12.1 Å². The minimum atomic E-state index is -4.53. The van der Waals surface area contributed by atoms with Gasteiger partial charge in [-0.3, -0.25) is 0 Å². The van der Waals surface area contributed by atoms with E-state index in [4.69, 9.17) is 11.6 Å². The lowest BCUT2D eigenvalue weighted by atomic mass is 9.97. The number of hydrogen-bond donors (Lipinski definition) is 1. The van der Waals surface area contributed by atoms with Gasteiger partial charge in [0.25, 0.3) is 0 Å². The quantitative estimate of drug-likeness (QED) is 0.757. The molecule has 21 heavy (non-hydrogen) atoms. The van der Waals surface area contributed by atoms with Gasteiger partial charge in [0.05, 0.1) is 11.7 Å². The highest BCUT2D eigenvalue weighted by molar-refractivity contribution is 9.10. The van der Waals surface area contributed by atoms with Gasteiger partial charge in [-0.05, 0) is 29.3 Å². The fraction of sp³-hybridized carbons (Fsp3) is 0.200. The Morgan fingerprint density at radius 1 is 1.14 bits per heavy atom. The molecule has 1 nitrogen and oxygen atoms in total. The Hall–Kier alpha value is -1.04. The lowest BCUT2D eigenvalue weighted by molar-refractivity contribution is -0.139. The van der Waals surface area contributed by atoms with E-state index >= 15 is 0 Å². The van der Waals surface area contributed by atoms with Crippen molar-refractivity contribution in [3.63, 3.8) is 0 Å². The Labute approximate surface area is 133 Å². The molecule has 0 aliphatic carbocycles. The van der Waals surface area contributed by atoms with Crippen LogP contribution in [0.1, 0.15) is 22.8 Å². The van der Waals surface area contributed by atoms with Crippen molar-refractivity contribution in [3.05, 3.63) is 68.7 Å². The van der Waals surface area contributed by atoms with Crippen molar-refractivity contribution >= 4 is 27.5 Å². The normalized spacial score (nSPS) is 13.2. The van der Waals surface area contributed by atoms with Crippen LogP contribution in [0.3, 0.4) is 0 Å². The van der Waals surface area contributed by atoms with E-state index in [1.54, 1.807) is 24.3 Å². The molecule has 0 heterocycles. The average Bonchev–Trinajstić information content (AvgIpc) is 2.40. The van der Waals surface area contributed by atoms with Crippen LogP contribution in [0.4, 0.5) is 13.2 Å². The first-order valence-corrected chi connectivity index (χ1v) is 7.24. The maximum atomic E-state index is 13.0. The maximum Gasteiger partial charge on any atom is 0.416 e. The molecule has 0 aliphatic rings. The summed E-state index contributed by atoms with van der Waals surface area (Å²) in [6.07, 6.45) is -5.79. The molecule has 0 aromatic heterocycles. The third kappa shape index (κ3) is 3.99. The summed E-state index contributed by atoms with van der Waals surface area (Å²) in [6.45, 7) is 0. The van der Waals surface area contributed by atoms with Crippen molar-refractivity contribution in [2.75, 3.05) is 0 Å². The number of rotatable bonds is 3. The fourth-order valence-electron chi connectivity index (χ4n) is 2.05. The van der Waals surface area contributed by atoms with E-state index in [9.17, 15) is 18.3 Å². The van der Waals surface area contributed by atoms with Gasteiger partial charge in [-0.25, -0.2) is 0 Å². The number of halogens is 5. The lowest BCUT2D eigenvalue weighted by Gasteiger charge is -2.18. The van der Waals surface area contributed by atoms with Gasteiger partial charge in [-0.1, -0.05) is 51.8 Å². The molecule has 0 aliphatic heterocycles. The van der Waals surface area contributed by atoms with Crippen LogP contribution in [0, 0.1) is 0 Å². The van der Waals surface area contributed by atoms with E-state index < -0.39 is 17.8 Å². The van der Waals surface area contributed by atoms with Crippen LogP contribution in [-0.4, -0.2) is 5.11 Å². The molecule has 0 amide bonds. The maximum absolute atomic E-state index is 13.0. The van der Waals surface area contributed by atoms with Crippen LogP contribution in [0.25, 0.3) is 0 Å². The second-order valence-electron chi connectivity index (χ2n) is 4.54. The van der Waals surface area contributed by atoms with Crippen LogP contribution in [0.5, 0.6) is 0 Å². The molecule has 2 aromatic rings. The largest absolute Gasteiger partial charge is 0.416 e. The van der Waals surface area contributed by atoms with Crippen molar-refractivity contribution in [2.24, 2.45) is 0 Å². The van der Waals surface area contributed by atoms with Gasteiger partial charge in [-0.15, -0.1) is 0 Å². The van der Waals surface area contributed by atoms with Crippen LogP contribution in [0.2, 0.25) is 5.02 Å². The zero-order valence-corrected chi connectivity index (χ0v) is 13.0. The molecular weight excluding hydrogens is 369 g/mol. The average molecular weight is 380 g/mol. The molecular formula is C15H11BrClF3O. The van der Waals surface area contributed by atoms with Crippen molar-refractivity contribution in [1.29, 1.82) is 0 Å². The van der Waals surface area contributed by atoms with Gasteiger partial charge in [0.15, 0.2) is 0 Å². The molecule has 0 radical (unpaired) electrons. The first-order chi connectivity index (χ1) is 9.79. The fourth-order valence-corrected chi connectivity index (χ4v) is 2.62. The molecule has 6 heteroatoms. The van der Waals surface area contributed by atoms with E-state index in [-0.39, 0.29) is 12.0 Å². The molecule has 0 saturated carbocycles. The second-order valence-corrected chi connectivity index (χ2v) is 5.86. The van der Waals surface area contributed by atoms with Crippen LogP contribution in [0.15, 0.2) is 46.9 Å². The summed E-state index contributed by atoms with van der Waals surface area (Å²) in [6, 6.07) is 10.5. The number of hydrogen-bond acceptors (Lipinski definition) is 1. The summed E-state index contributed by atoms with van der Waals surface area (Å²) in [4.78, 5) is 0. The zero-order valence-electron chi connectivity index (χ0n) is 10.7. The highest BCUT2D eigenvalue weighted by atomic mass is 79.9. The first kappa shape index (κ1) is 16.3. The minimum Gasteiger partial charge on any atom is -0.388 e. The molecule has 1 unspecified atom stereocenters. The summed E-state index contributed by atoms with van der Waals surface area (Å²) >= 11 is 8.98. The molecule has 0 saturated heterocycles. The molecule has 1 atom stereocenters. The van der Waals surface area contributed by atoms with Crippen LogP contribution < -0.4 is 0 Å². The van der Waals surface area contributed by atoms with Gasteiger partial charge >= 0.3 is 6.18 Å². The Morgan fingerprint density at radius 2 is 1.81 bits per heavy atom. The van der Waals surface area contributed by atoms with Gasteiger partial charge in [-0.2, -0.15) is 13.2 Å². The van der Waals surface area contributed by atoms with Crippen molar-refractivity contribution < 1.29 is 18.3 Å². The number of aliphatic hydroxyl groups is 1. The van der Waals surface area contributed by atoms with E-state index in [0.29, 0.717) is 15.1 Å². The molecule has 0 spiro atoms. The van der Waals surface area contributed by atoms with Gasteiger partial charge in [0.1, 0.15) is 0 Å². The first-order valence-electron chi connectivity index (χ1n) is 6.07. The van der Waals surface area contributed by atoms with Gasteiger partial charge < -0.3 is 5.11 Å². The third-order valence-electron chi connectivity index (χ3n) is 3.05. The Bertz CT molecular complexity index is 643. The standard InChI is InChI=1S/C15H11BrClF3O/c16-10-5-6-11(12(8-10)15(18,19)20)14(21)7-9-3-1-2-4-13(9)17/h1-6,8,14,21H,7H2. The molecule has 0 fully saturated rings. The summed E-state index contributed by atoms with van der Waals surface area (Å²) in [5.74, 6) is 0. The Morgan fingerprint density at radius 3 is 2.43 bits per heavy atom. The monoisotopic (exact) mass is 378 g/mol. The van der Waals surface area contributed by atoms with Crippen molar-refractivity contribution in [1.82, 2.24) is 0 Å². The SMILES string of the molecule is OC(Cc1ccccc1Cl)c1ccc(Br)cc1C(F)(F)F. The van der Waals surface area contributed by atoms with Gasteiger partial charge in [0.2, 0.25) is 0 Å². The number of aliphatic hydroxyl groups excluding tert-OH is 1. The van der Waals surface area contributed by atoms with E-state index in [0.717, 1.165) is 6.07 Å². The van der Waals surface area contributed by atoms with Crippen LogP contribution in [-0.2, 0) is 12.6 Å². The van der Waals surface area contributed by atoms with Crippen LogP contribution >= 0.6 is 27.5 Å². The smallest absolute Gasteiger partial charge is 0.388 e. The lowest BCUT2D eigenvalue weighted by Crippen LogP contribution is -2.13. The molecule has 0 bridgehead atoms. The highest BCUT2D eigenvalue weighted by Crippen LogP contribution is 2.37. The molecule has 2 aromatic carbocycles. The van der Waals surface area contributed by atoms with Gasteiger partial charge in [0, 0.05) is 15.9 Å². The van der Waals surface area contributed by atoms with E-state index in [1.807, 2.05) is 0 Å². The second kappa shape index (κ2) is 6.38. The molecule has 2 rings (SSSR count). The molecule has 112 valence electrons. The summed E-state index contributed by atoms with van der Waals surface area (Å²) in [5.41, 5.74) is -0.412. The summed E-state index contributed by atoms with van der Waals surface area (Å²) < 4.78 is 39.5.